The van der Waals surface area contributed by atoms with Gasteiger partial charge in [0.15, 0.2) is 0 Å². The van der Waals surface area contributed by atoms with E-state index in [9.17, 15) is 21.6 Å². The maximum atomic E-state index is 12.6. The second kappa shape index (κ2) is 7.34. The van der Waals surface area contributed by atoms with Gasteiger partial charge in [0.05, 0.1) is 22.3 Å². The Bertz CT molecular complexity index is 1060. The van der Waals surface area contributed by atoms with E-state index in [1.807, 2.05) is 17.5 Å². The van der Waals surface area contributed by atoms with Gasteiger partial charge in [0, 0.05) is 11.4 Å². The third-order valence-electron chi connectivity index (χ3n) is 4.29. The number of hydrogen-bond acceptors (Lipinski definition) is 6. The predicted molar refractivity (Wildman–Crippen MR) is 105 cm³/mol. The van der Waals surface area contributed by atoms with Crippen LogP contribution < -0.4 is 9.03 Å². The third kappa shape index (κ3) is 4.08. The largest absolute Gasteiger partial charge is 0.273 e. The van der Waals surface area contributed by atoms with E-state index in [2.05, 4.69) is 4.72 Å². The number of amides is 1. The number of carbonyl (C=O) groups excluding carboxylic acids is 1. The normalized spacial score (nSPS) is 19.6. The summed E-state index contributed by atoms with van der Waals surface area (Å²) in [4.78, 5) is 13.3. The number of nitrogens with one attached hydrogen (secondary N) is 1. The number of aryl methyl sites for hydroxylation is 1. The Labute approximate surface area is 163 Å². The molecule has 0 bridgehead atoms. The number of carbonyl (C=O) groups is 1. The molecule has 1 atom stereocenters. The highest BCUT2D eigenvalue weighted by atomic mass is 32.2. The molecule has 146 valence electrons. The Balaban J connectivity index is 1.81. The van der Waals surface area contributed by atoms with Crippen molar-refractivity contribution in [1.82, 2.24) is 4.72 Å². The summed E-state index contributed by atoms with van der Waals surface area (Å²) in [7, 11) is -7.46. The van der Waals surface area contributed by atoms with Gasteiger partial charge in [-0.3, -0.25) is 4.79 Å². The molecule has 1 fully saturated rings. The highest BCUT2D eigenvalue weighted by molar-refractivity contribution is 7.94. The van der Waals surface area contributed by atoms with E-state index >= 15 is 0 Å². The molecule has 3 rings (SSSR count). The molecule has 1 aromatic carbocycles. The van der Waals surface area contributed by atoms with Crippen molar-refractivity contribution >= 4 is 43.0 Å². The maximum absolute atomic E-state index is 12.6. The van der Waals surface area contributed by atoms with Crippen LogP contribution in [-0.2, 0) is 31.3 Å². The van der Waals surface area contributed by atoms with Gasteiger partial charge in [-0.1, -0.05) is 13.0 Å². The number of hydrogen-bond donors (Lipinski definition) is 1. The smallest absolute Gasteiger partial charge is 0.244 e. The number of sulfonamides is 2. The molecule has 0 unspecified atom stereocenters. The minimum atomic E-state index is -3.74. The first kappa shape index (κ1) is 20.0. The first-order valence-corrected chi connectivity index (χ1v) is 12.3. The lowest BCUT2D eigenvalue weighted by molar-refractivity contribution is -0.119. The third-order valence-corrected chi connectivity index (χ3v) is 8.71. The van der Waals surface area contributed by atoms with Crippen molar-refractivity contribution in [1.29, 1.82) is 0 Å². The summed E-state index contributed by atoms with van der Waals surface area (Å²) < 4.78 is 52.8. The fourth-order valence-electron chi connectivity index (χ4n) is 2.99. The molecule has 0 saturated carbocycles. The molecule has 0 aliphatic carbocycles. The summed E-state index contributed by atoms with van der Waals surface area (Å²) in [6, 6.07) is 7.96. The Kier molecular flexibility index (Phi) is 5.44. The van der Waals surface area contributed by atoms with Crippen molar-refractivity contribution < 1.29 is 21.6 Å². The van der Waals surface area contributed by atoms with Crippen LogP contribution in [-0.4, -0.2) is 35.0 Å². The van der Waals surface area contributed by atoms with Crippen molar-refractivity contribution in [3.8, 4) is 0 Å². The van der Waals surface area contributed by atoms with Gasteiger partial charge in [-0.2, -0.15) is 0 Å². The highest BCUT2D eigenvalue weighted by Crippen LogP contribution is 2.30. The number of benzene rings is 1. The molecule has 2 aromatic rings. The van der Waals surface area contributed by atoms with Crippen molar-refractivity contribution in [2.75, 3.05) is 16.6 Å². The zero-order chi connectivity index (χ0) is 19.8. The maximum Gasteiger partial charge on any atom is 0.244 e. The van der Waals surface area contributed by atoms with E-state index in [4.69, 9.17) is 0 Å². The fourth-order valence-corrected chi connectivity index (χ4v) is 6.77. The van der Waals surface area contributed by atoms with Crippen LogP contribution in [0.4, 0.5) is 5.69 Å². The molecule has 1 aliphatic heterocycles. The Morgan fingerprint density at radius 2 is 2.04 bits per heavy atom. The van der Waals surface area contributed by atoms with Gasteiger partial charge < -0.3 is 0 Å². The summed E-state index contributed by atoms with van der Waals surface area (Å²) in [6.07, 6.45) is 0.590. The van der Waals surface area contributed by atoms with Gasteiger partial charge in [-0.15, -0.1) is 11.3 Å². The molecule has 1 aromatic heterocycles. The minimum Gasteiger partial charge on any atom is -0.273 e. The lowest BCUT2D eigenvalue weighted by atomic mass is 10.2. The van der Waals surface area contributed by atoms with Gasteiger partial charge in [0.1, 0.15) is 0 Å². The first-order valence-electron chi connectivity index (χ1n) is 8.31. The second-order valence-corrected chi connectivity index (χ2v) is 11.1. The average Bonchev–Trinajstić information content (AvgIpc) is 3.13. The Hall–Kier alpha value is -1.75. The van der Waals surface area contributed by atoms with Crippen LogP contribution in [0.15, 0.2) is 40.6 Å². The Morgan fingerprint density at radius 1 is 1.30 bits per heavy atom. The van der Waals surface area contributed by atoms with Crippen LogP contribution in [0, 0.1) is 12.8 Å². The van der Waals surface area contributed by atoms with Gasteiger partial charge in [0.25, 0.3) is 0 Å². The number of thiophene rings is 1. The van der Waals surface area contributed by atoms with E-state index in [0.29, 0.717) is 12.0 Å². The quantitative estimate of drug-likeness (QED) is 0.757. The van der Waals surface area contributed by atoms with Crippen LogP contribution in [0.25, 0.3) is 0 Å². The summed E-state index contributed by atoms with van der Waals surface area (Å²) in [5.41, 5.74) is 0.540. The topological polar surface area (TPSA) is 101 Å². The molecule has 7 nitrogen and oxygen atoms in total. The standard InChI is InChI=1S/C17H20N2O5S3/c1-12-10-14(19-17(20)13(2)11-26(19,21)22)5-6-16(12)27(23,24)18-8-7-15-4-3-9-25-15/h3-6,9-10,13,18H,7-8,11H2,1-2H3/t13-/m1/s1. The number of rotatable bonds is 6. The van der Waals surface area contributed by atoms with Crippen LogP contribution in [0.1, 0.15) is 17.4 Å². The molecule has 1 N–H and O–H groups in total. The van der Waals surface area contributed by atoms with Crippen molar-refractivity contribution in [3.63, 3.8) is 0 Å². The highest BCUT2D eigenvalue weighted by Gasteiger charge is 2.42. The van der Waals surface area contributed by atoms with Crippen molar-refractivity contribution in [2.24, 2.45) is 5.92 Å². The molecular weight excluding hydrogens is 408 g/mol. The molecule has 0 radical (unpaired) electrons. The van der Waals surface area contributed by atoms with E-state index in [-0.39, 0.29) is 22.9 Å². The van der Waals surface area contributed by atoms with Gasteiger partial charge in [-0.25, -0.2) is 25.9 Å². The molecule has 10 heteroatoms. The monoisotopic (exact) mass is 428 g/mol. The second-order valence-electron chi connectivity index (χ2n) is 6.46. The van der Waals surface area contributed by atoms with Crippen LogP contribution in [0.2, 0.25) is 0 Å². The summed E-state index contributed by atoms with van der Waals surface area (Å²) in [6.45, 7) is 3.40. The van der Waals surface area contributed by atoms with E-state index in [0.717, 1.165) is 9.18 Å². The zero-order valence-electron chi connectivity index (χ0n) is 14.9. The fraction of sp³-hybridized carbons (Fsp3) is 0.353. The predicted octanol–water partition coefficient (Wildman–Crippen LogP) is 1.89. The molecule has 2 heterocycles. The van der Waals surface area contributed by atoms with Crippen LogP contribution >= 0.6 is 11.3 Å². The van der Waals surface area contributed by atoms with Gasteiger partial charge in [0.2, 0.25) is 26.0 Å². The average molecular weight is 429 g/mol. The summed E-state index contributed by atoms with van der Waals surface area (Å²) in [5, 5.41) is 1.93. The van der Waals surface area contributed by atoms with Crippen molar-refractivity contribution in [2.45, 2.75) is 25.2 Å². The lowest BCUT2D eigenvalue weighted by Gasteiger charge is -2.17. The molecule has 1 amide bonds. The summed E-state index contributed by atoms with van der Waals surface area (Å²) >= 11 is 1.56. The van der Waals surface area contributed by atoms with E-state index in [1.54, 1.807) is 25.2 Å². The van der Waals surface area contributed by atoms with Crippen LogP contribution in [0.5, 0.6) is 0 Å². The molecule has 1 saturated heterocycles. The molecule has 0 spiro atoms. The lowest BCUT2D eigenvalue weighted by Crippen LogP contribution is -2.30. The molecule has 1 aliphatic rings. The van der Waals surface area contributed by atoms with Crippen molar-refractivity contribution in [3.05, 3.63) is 46.2 Å². The van der Waals surface area contributed by atoms with Crippen LogP contribution in [0.3, 0.4) is 0 Å². The zero-order valence-corrected chi connectivity index (χ0v) is 17.3. The Morgan fingerprint density at radius 3 is 2.59 bits per heavy atom. The van der Waals surface area contributed by atoms with Gasteiger partial charge >= 0.3 is 0 Å². The van der Waals surface area contributed by atoms with Gasteiger partial charge in [-0.05, 0) is 48.6 Å². The minimum absolute atomic E-state index is 0.0644. The first-order chi connectivity index (χ1) is 12.6. The SMILES string of the molecule is Cc1cc(N2C(=O)[C@H](C)CS2(=O)=O)ccc1S(=O)(=O)NCCc1cccs1. The van der Waals surface area contributed by atoms with E-state index in [1.165, 1.54) is 18.2 Å². The van der Waals surface area contributed by atoms with E-state index < -0.39 is 31.9 Å². The number of nitrogens with zero attached hydrogens (tertiary/aromatic N) is 1. The number of anilines is 1. The summed E-state index contributed by atoms with van der Waals surface area (Å²) in [5.74, 6) is -1.36. The molecular formula is C17H20N2O5S3. The molecule has 27 heavy (non-hydrogen) atoms.